The molecule has 0 amide bonds. The van der Waals surface area contributed by atoms with E-state index in [0.717, 1.165) is 38.1 Å². The molecule has 3 nitrogen and oxygen atoms in total. The minimum atomic E-state index is 0.364. The van der Waals surface area contributed by atoms with Gasteiger partial charge in [0.2, 0.25) is 0 Å². The number of rotatable bonds is 6. The van der Waals surface area contributed by atoms with Gasteiger partial charge in [0, 0.05) is 25.1 Å². The molecule has 2 rings (SSSR count). The molecule has 2 aliphatic heterocycles. The van der Waals surface area contributed by atoms with Crippen molar-refractivity contribution in [2.75, 3.05) is 45.9 Å². The highest BCUT2D eigenvalue weighted by Crippen LogP contribution is 2.30. The summed E-state index contributed by atoms with van der Waals surface area (Å²) < 4.78 is 5.75. The summed E-state index contributed by atoms with van der Waals surface area (Å²) in [5, 5.41) is 3.67. The van der Waals surface area contributed by atoms with E-state index in [4.69, 9.17) is 4.74 Å². The Morgan fingerprint density at radius 1 is 1.30 bits per heavy atom. The molecular weight excluding hydrogens is 248 g/mol. The number of ether oxygens (including phenoxy) is 1. The second-order valence-electron chi connectivity index (χ2n) is 7.64. The van der Waals surface area contributed by atoms with Crippen molar-refractivity contribution in [1.82, 2.24) is 10.2 Å². The van der Waals surface area contributed by atoms with E-state index in [2.05, 4.69) is 31.0 Å². The molecule has 2 saturated heterocycles. The van der Waals surface area contributed by atoms with Gasteiger partial charge in [0.05, 0.1) is 6.61 Å². The van der Waals surface area contributed by atoms with Crippen molar-refractivity contribution in [3.63, 3.8) is 0 Å². The van der Waals surface area contributed by atoms with E-state index in [-0.39, 0.29) is 0 Å². The summed E-state index contributed by atoms with van der Waals surface area (Å²) in [7, 11) is 0. The van der Waals surface area contributed by atoms with Crippen molar-refractivity contribution in [3.8, 4) is 0 Å². The lowest BCUT2D eigenvalue weighted by Crippen LogP contribution is -2.45. The average Bonchev–Trinajstić information content (AvgIpc) is 2.74. The highest BCUT2D eigenvalue weighted by atomic mass is 16.5. The first-order valence-electron chi connectivity index (χ1n) is 8.60. The van der Waals surface area contributed by atoms with Crippen LogP contribution in [0.5, 0.6) is 0 Å². The molecule has 0 aliphatic carbocycles. The van der Waals surface area contributed by atoms with Crippen LogP contribution in [0, 0.1) is 17.3 Å². The monoisotopic (exact) mass is 282 g/mol. The van der Waals surface area contributed by atoms with E-state index in [1.165, 1.54) is 45.3 Å². The zero-order valence-electron chi connectivity index (χ0n) is 13.8. The number of likely N-dealkylation sites (tertiary alicyclic amines) is 1. The number of nitrogens with zero attached hydrogens (tertiary/aromatic N) is 1. The molecule has 2 unspecified atom stereocenters. The van der Waals surface area contributed by atoms with Gasteiger partial charge in [-0.15, -0.1) is 0 Å². The van der Waals surface area contributed by atoms with E-state index in [0.29, 0.717) is 5.41 Å². The third-order valence-electron chi connectivity index (χ3n) is 4.91. The van der Waals surface area contributed by atoms with Crippen molar-refractivity contribution in [3.05, 3.63) is 0 Å². The molecule has 0 aromatic rings. The van der Waals surface area contributed by atoms with E-state index < -0.39 is 0 Å². The van der Waals surface area contributed by atoms with Crippen LogP contribution in [0.2, 0.25) is 0 Å². The molecule has 0 spiro atoms. The highest BCUT2D eigenvalue weighted by Gasteiger charge is 2.36. The minimum absolute atomic E-state index is 0.364. The standard InChI is InChI=1S/C17H34N2O/c1-15(2)11-18-12-17(7-10-20-14-17)13-19-8-4-5-16(3)6-9-19/h15-16,18H,4-14H2,1-3H3. The van der Waals surface area contributed by atoms with Crippen LogP contribution in [0.25, 0.3) is 0 Å². The van der Waals surface area contributed by atoms with Gasteiger partial charge in [-0.1, -0.05) is 20.8 Å². The Kier molecular flexibility index (Phi) is 6.31. The Morgan fingerprint density at radius 2 is 2.15 bits per heavy atom. The van der Waals surface area contributed by atoms with Gasteiger partial charge < -0.3 is 15.0 Å². The van der Waals surface area contributed by atoms with Crippen molar-refractivity contribution in [2.45, 2.75) is 46.5 Å². The van der Waals surface area contributed by atoms with Crippen LogP contribution >= 0.6 is 0 Å². The predicted octanol–water partition coefficient (Wildman–Crippen LogP) is 2.76. The molecule has 118 valence electrons. The zero-order chi connectivity index (χ0) is 14.4. The maximum Gasteiger partial charge on any atom is 0.0547 e. The first-order chi connectivity index (χ1) is 9.60. The molecule has 0 aromatic carbocycles. The SMILES string of the molecule is CC(C)CNCC1(CN2CCCC(C)CC2)CCOC1. The highest BCUT2D eigenvalue weighted by molar-refractivity contribution is 4.89. The topological polar surface area (TPSA) is 24.5 Å². The first-order valence-corrected chi connectivity index (χ1v) is 8.60. The maximum absolute atomic E-state index is 5.75. The average molecular weight is 282 g/mol. The van der Waals surface area contributed by atoms with Crippen molar-refractivity contribution in [1.29, 1.82) is 0 Å². The van der Waals surface area contributed by atoms with E-state index in [1.807, 2.05) is 0 Å². The summed E-state index contributed by atoms with van der Waals surface area (Å²) in [5.74, 6) is 1.64. The molecule has 2 aliphatic rings. The van der Waals surface area contributed by atoms with Gasteiger partial charge in [0.25, 0.3) is 0 Å². The zero-order valence-corrected chi connectivity index (χ0v) is 13.8. The lowest BCUT2D eigenvalue weighted by atomic mass is 9.86. The predicted molar refractivity (Wildman–Crippen MR) is 85.0 cm³/mol. The number of hydrogen-bond donors (Lipinski definition) is 1. The second kappa shape index (κ2) is 7.77. The number of nitrogens with one attached hydrogen (secondary N) is 1. The van der Waals surface area contributed by atoms with Crippen LogP contribution in [0.4, 0.5) is 0 Å². The van der Waals surface area contributed by atoms with Gasteiger partial charge in [-0.05, 0) is 57.2 Å². The third-order valence-corrected chi connectivity index (χ3v) is 4.91. The Bertz CT molecular complexity index is 274. The van der Waals surface area contributed by atoms with Gasteiger partial charge in [-0.3, -0.25) is 0 Å². The summed E-state index contributed by atoms with van der Waals surface area (Å²) in [6.45, 7) is 14.9. The van der Waals surface area contributed by atoms with Crippen LogP contribution in [0.3, 0.4) is 0 Å². The Balaban J connectivity index is 1.84. The van der Waals surface area contributed by atoms with Crippen LogP contribution in [0.1, 0.15) is 46.5 Å². The summed E-state index contributed by atoms with van der Waals surface area (Å²) in [4.78, 5) is 2.70. The van der Waals surface area contributed by atoms with Gasteiger partial charge in [0.15, 0.2) is 0 Å². The molecule has 0 bridgehead atoms. The van der Waals surface area contributed by atoms with E-state index >= 15 is 0 Å². The quantitative estimate of drug-likeness (QED) is 0.811. The molecule has 0 radical (unpaired) electrons. The normalized spacial score (nSPS) is 32.7. The molecule has 0 saturated carbocycles. The van der Waals surface area contributed by atoms with Crippen LogP contribution in [-0.2, 0) is 4.74 Å². The molecule has 3 heteroatoms. The van der Waals surface area contributed by atoms with Crippen LogP contribution in [-0.4, -0.2) is 50.8 Å². The maximum atomic E-state index is 5.75. The Hall–Kier alpha value is -0.120. The van der Waals surface area contributed by atoms with Crippen LogP contribution < -0.4 is 5.32 Å². The summed E-state index contributed by atoms with van der Waals surface area (Å²) in [5.41, 5.74) is 0.364. The molecular formula is C17H34N2O. The molecule has 2 heterocycles. The summed E-state index contributed by atoms with van der Waals surface area (Å²) in [6, 6.07) is 0. The smallest absolute Gasteiger partial charge is 0.0547 e. The summed E-state index contributed by atoms with van der Waals surface area (Å²) in [6.07, 6.45) is 5.38. The van der Waals surface area contributed by atoms with Crippen LogP contribution in [0.15, 0.2) is 0 Å². The number of hydrogen-bond acceptors (Lipinski definition) is 3. The Labute approximate surface area is 125 Å². The van der Waals surface area contributed by atoms with E-state index in [9.17, 15) is 0 Å². The minimum Gasteiger partial charge on any atom is -0.381 e. The molecule has 2 fully saturated rings. The molecule has 2 atom stereocenters. The summed E-state index contributed by atoms with van der Waals surface area (Å²) >= 11 is 0. The lowest BCUT2D eigenvalue weighted by Gasteiger charge is -2.34. The lowest BCUT2D eigenvalue weighted by molar-refractivity contribution is 0.109. The van der Waals surface area contributed by atoms with Gasteiger partial charge >= 0.3 is 0 Å². The first kappa shape index (κ1) is 16.3. The molecule has 0 aromatic heterocycles. The van der Waals surface area contributed by atoms with Gasteiger partial charge in [-0.2, -0.15) is 0 Å². The largest absolute Gasteiger partial charge is 0.381 e. The fraction of sp³-hybridized carbons (Fsp3) is 1.00. The Morgan fingerprint density at radius 3 is 2.85 bits per heavy atom. The van der Waals surface area contributed by atoms with Gasteiger partial charge in [0.1, 0.15) is 0 Å². The van der Waals surface area contributed by atoms with Crippen molar-refractivity contribution < 1.29 is 4.74 Å². The fourth-order valence-electron chi connectivity index (χ4n) is 3.55. The second-order valence-corrected chi connectivity index (χ2v) is 7.64. The third kappa shape index (κ3) is 5.01. The molecule has 1 N–H and O–H groups in total. The van der Waals surface area contributed by atoms with Gasteiger partial charge in [-0.25, -0.2) is 0 Å². The van der Waals surface area contributed by atoms with E-state index in [1.54, 1.807) is 0 Å². The fourth-order valence-corrected chi connectivity index (χ4v) is 3.55. The molecule has 20 heavy (non-hydrogen) atoms. The van der Waals surface area contributed by atoms with Crippen molar-refractivity contribution in [2.24, 2.45) is 17.3 Å². The van der Waals surface area contributed by atoms with Crippen molar-refractivity contribution >= 4 is 0 Å².